The topological polar surface area (TPSA) is 123 Å². The SMILES string of the molecule is COc1cc(OCCCCl)ccc1[N+](=O)[O-].COc1cc(OCCCSC)ccc1[N+](=O)[O-].C[S-].[Na+]. The van der Waals surface area contributed by atoms with Crippen molar-refractivity contribution >= 4 is 47.4 Å². The van der Waals surface area contributed by atoms with Crippen LogP contribution in [0.15, 0.2) is 36.4 Å². The average molecular weight is 573 g/mol. The molecule has 2 aromatic rings. The minimum absolute atomic E-state index is 0. The van der Waals surface area contributed by atoms with Crippen LogP contribution in [-0.4, -0.2) is 61.4 Å². The van der Waals surface area contributed by atoms with Crippen LogP contribution in [0.1, 0.15) is 12.8 Å². The summed E-state index contributed by atoms with van der Waals surface area (Å²) >= 11 is 11.3. The Morgan fingerprint density at radius 2 is 1.28 bits per heavy atom. The van der Waals surface area contributed by atoms with Crippen molar-refractivity contribution in [3.8, 4) is 23.0 Å². The van der Waals surface area contributed by atoms with Gasteiger partial charge in [-0.05, 0) is 37.0 Å². The first-order valence-electron chi connectivity index (χ1n) is 10.2. The van der Waals surface area contributed by atoms with Crippen molar-refractivity contribution in [3.63, 3.8) is 0 Å². The zero-order chi connectivity index (χ0) is 26.6. The van der Waals surface area contributed by atoms with E-state index >= 15 is 0 Å². The minimum atomic E-state index is -0.499. The Morgan fingerprint density at radius 3 is 1.61 bits per heavy atom. The van der Waals surface area contributed by atoms with E-state index < -0.39 is 9.85 Å². The summed E-state index contributed by atoms with van der Waals surface area (Å²) in [6.07, 6.45) is 5.29. The fourth-order valence-electron chi connectivity index (χ4n) is 2.43. The molecule has 14 heteroatoms. The number of hydrogen-bond donors (Lipinski definition) is 0. The predicted molar refractivity (Wildman–Crippen MR) is 142 cm³/mol. The third-order valence-corrected chi connectivity index (χ3v) is 4.97. The van der Waals surface area contributed by atoms with E-state index in [4.69, 9.17) is 30.5 Å². The van der Waals surface area contributed by atoms with Crippen molar-refractivity contribution < 1.29 is 58.4 Å². The zero-order valence-electron chi connectivity index (χ0n) is 21.1. The van der Waals surface area contributed by atoms with Crippen molar-refractivity contribution in [1.82, 2.24) is 0 Å². The molecule has 0 aromatic heterocycles. The van der Waals surface area contributed by atoms with Crippen LogP contribution in [0.3, 0.4) is 0 Å². The third-order valence-electron chi connectivity index (χ3n) is 4.00. The quantitative estimate of drug-likeness (QED) is 0.0883. The molecule has 0 aliphatic heterocycles. The fraction of sp³-hybridized carbons (Fsp3) is 0.455. The van der Waals surface area contributed by atoms with Gasteiger partial charge in [-0.15, -0.1) is 11.6 Å². The molecular weight excluding hydrogens is 543 g/mol. The van der Waals surface area contributed by atoms with Crippen molar-refractivity contribution in [3.05, 3.63) is 56.6 Å². The van der Waals surface area contributed by atoms with E-state index in [-0.39, 0.29) is 52.4 Å². The fourth-order valence-corrected chi connectivity index (χ4v) is 2.95. The maximum Gasteiger partial charge on any atom is 1.00 e. The molecule has 0 spiro atoms. The second-order valence-electron chi connectivity index (χ2n) is 6.27. The van der Waals surface area contributed by atoms with E-state index in [2.05, 4.69) is 12.6 Å². The molecule has 2 aromatic carbocycles. The van der Waals surface area contributed by atoms with Gasteiger partial charge in [-0.1, -0.05) is 0 Å². The number of thioether (sulfide) groups is 1. The number of benzene rings is 2. The Morgan fingerprint density at radius 1 is 0.861 bits per heavy atom. The van der Waals surface area contributed by atoms with Crippen LogP contribution in [0.5, 0.6) is 23.0 Å². The van der Waals surface area contributed by atoms with Crippen LogP contribution >= 0.6 is 23.4 Å². The first-order chi connectivity index (χ1) is 16.9. The summed E-state index contributed by atoms with van der Waals surface area (Å²) in [4.78, 5) is 20.3. The molecule has 0 saturated carbocycles. The largest absolute Gasteiger partial charge is 1.00 e. The molecule has 10 nitrogen and oxygen atoms in total. The number of nitro benzene ring substituents is 2. The molecule has 2 rings (SSSR count). The van der Waals surface area contributed by atoms with Crippen molar-refractivity contribution in [2.75, 3.05) is 51.6 Å². The molecule has 0 atom stereocenters. The second kappa shape index (κ2) is 22.6. The summed E-state index contributed by atoms with van der Waals surface area (Å²) in [6, 6.07) is 8.90. The number of hydrogen-bond acceptors (Lipinski definition) is 10. The van der Waals surface area contributed by atoms with Crippen LogP contribution in [-0.2, 0) is 12.6 Å². The van der Waals surface area contributed by atoms with Crippen LogP contribution in [0.4, 0.5) is 11.4 Å². The van der Waals surface area contributed by atoms with Gasteiger partial charge in [-0.2, -0.15) is 18.0 Å². The molecule has 0 amide bonds. The van der Waals surface area contributed by atoms with Gasteiger partial charge in [0.05, 0.1) is 37.3 Å². The minimum Gasteiger partial charge on any atom is -0.796 e. The molecule has 0 fully saturated rings. The number of rotatable bonds is 13. The first kappa shape index (κ1) is 36.6. The Labute approximate surface area is 248 Å². The van der Waals surface area contributed by atoms with Crippen molar-refractivity contribution in [2.24, 2.45) is 0 Å². The Balaban J connectivity index is 0. The summed E-state index contributed by atoms with van der Waals surface area (Å²) in [5.41, 5.74) is -0.129. The van der Waals surface area contributed by atoms with Gasteiger partial charge in [0.2, 0.25) is 11.5 Å². The van der Waals surface area contributed by atoms with Crippen LogP contribution in [0.25, 0.3) is 0 Å². The number of ether oxygens (including phenoxy) is 4. The van der Waals surface area contributed by atoms with Gasteiger partial charge in [-0.25, -0.2) is 0 Å². The van der Waals surface area contributed by atoms with E-state index in [1.54, 1.807) is 24.1 Å². The van der Waals surface area contributed by atoms with E-state index in [0.29, 0.717) is 30.6 Å². The summed E-state index contributed by atoms with van der Waals surface area (Å²) in [7, 11) is 2.78. The number of nitro groups is 2. The molecule has 0 aliphatic carbocycles. The summed E-state index contributed by atoms with van der Waals surface area (Å²) in [5, 5.41) is 21.3. The van der Waals surface area contributed by atoms with Gasteiger partial charge in [-0.3, -0.25) is 20.2 Å². The predicted octanol–water partition coefficient (Wildman–Crippen LogP) is 2.51. The van der Waals surface area contributed by atoms with E-state index in [1.165, 1.54) is 44.6 Å². The summed E-state index contributed by atoms with van der Waals surface area (Å²) in [6.45, 7) is 1.08. The van der Waals surface area contributed by atoms with Gasteiger partial charge >= 0.3 is 40.9 Å². The number of alkyl halides is 1. The molecule has 0 bridgehead atoms. The Hall–Kier alpha value is -1.57. The maximum atomic E-state index is 10.7. The normalized spacial score (nSPS) is 9.28. The van der Waals surface area contributed by atoms with Crippen molar-refractivity contribution in [2.45, 2.75) is 12.8 Å². The third kappa shape index (κ3) is 14.2. The Kier molecular flexibility index (Phi) is 23.0. The summed E-state index contributed by atoms with van der Waals surface area (Å²) < 4.78 is 20.7. The van der Waals surface area contributed by atoms with Gasteiger partial charge in [0.25, 0.3) is 0 Å². The van der Waals surface area contributed by atoms with E-state index in [0.717, 1.165) is 18.6 Å². The first-order valence-corrected chi connectivity index (χ1v) is 13.0. The van der Waals surface area contributed by atoms with E-state index in [1.807, 2.05) is 6.26 Å². The molecule has 196 valence electrons. The molecule has 0 radical (unpaired) electrons. The van der Waals surface area contributed by atoms with Crippen LogP contribution < -0.4 is 48.5 Å². The monoisotopic (exact) mass is 572 g/mol. The second-order valence-corrected chi connectivity index (χ2v) is 7.63. The zero-order valence-corrected chi connectivity index (χ0v) is 25.5. The maximum absolute atomic E-state index is 10.7. The van der Waals surface area contributed by atoms with Gasteiger partial charge in [0, 0.05) is 30.1 Å². The molecule has 0 unspecified atom stereocenters. The molecular formula is C22H30ClN2NaO8S2. The van der Waals surface area contributed by atoms with Gasteiger partial charge in [0.1, 0.15) is 11.5 Å². The molecule has 0 saturated heterocycles. The molecule has 36 heavy (non-hydrogen) atoms. The van der Waals surface area contributed by atoms with E-state index in [9.17, 15) is 20.2 Å². The smallest absolute Gasteiger partial charge is 0.796 e. The number of methoxy groups -OCH3 is 2. The van der Waals surface area contributed by atoms with Crippen molar-refractivity contribution in [1.29, 1.82) is 0 Å². The summed E-state index contributed by atoms with van der Waals surface area (Å²) in [5.74, 6) is 3.08. The van der Waals surface area contributed by atoms with Gasteiger partial charge < -0.3 is 31.6 Å². The standard InChI is InChI=1S/C11H15NO4S.C10H12ClNO4.CH4S.Na/c1-15-11-8-9(16-6-3-7-17-2)4-5-10(11)12(13)14;1-15-10-7-8(16-6-2-5-11)3-4-9(10)12(13)14;1-2;/h4-5,8H,3,6-7H2,1-2H3;3-4,7H,2,5-6H2,1H3;2H,1H3;/q;;;+1/p-1. The van der Waals surface area contributed by atoms with Gasteiger partial charge in [0.15, 0.2) is 0 Å². The molecule has 0 heterocycles. The van der Waals surface area contributed by atoms with Crippen LogP contribution in [0, 0.1) is 20.2 Å². The molecule has 0 aliphatic rings. The molecule has 0 N–H and O–H groups in total. The number of nitrogens with zero attached hydrogens (tertiary/aromatic N) is 2. The Bertz CT molecular complexity index is 912. The van der Waals surface area contributed by atoms with Crippen LogP contribution in [0.2, 0.25) is 0 Å². The average Bonchev–Trinajstić information content (AvgIpc) is 2.87. The number of halogens is 1.